The van der Waals surface area contributed by atoms with Crippen molar-refractivity contribution in [3.8, 4) is 0 Å². The van der Waals surface area contributed by atoms with Gasteiger partial charge in [-0.1, -0.05) is 20.8 Å². The van der Waals surface area contributed by atoms with Gasteiger partial charge in [0.2, 0.25) is 11.6 Å². The van der Waals surface area contributed by atoms with Crippen molar-refractivity contribution in [2.45, 2.75) is 46.1 Å². The molecule has 3 rings (SSSR count). The second-order valence-electron chi connectivity index (χ2n) is 7.19. The summed E-state index contributed by atoms with van der Waals surface area (Å²) < 4.78 is 54.1. The number of pyridine rings is 1. The van der Waals surface area contributed by atoms with Crippen LogP contribution >= 0.6 is 0 Å². The largest absolute Gasteiger partial charge is 0.376 e. The van der Waals surface area contributed by atoms with Crippen LogP contribution in [0, 0.1) is 40.3 Å². The van der Waals surface area contributed by atoms with Crippen LogP contribution in [-0.4, -0.2) is 11.0 Å². The molecule has 2 saturated carbocycles. The smallest absolute Gasteiger partial charge is 0.253 e. The average Bonchev–Trinajstić information content (AvgIpc) is 2.86. The van der Waals surface area contributed by atoms with E-state index in [1.165, 1.54) is 0 Å². The Bertz CT molecular complexity index is 571. The molecule has 0 saturated heterocycles. The summed E-state index contributed by atoms with van der Waals surface area (Å²) in [6.07, 6.45) is 2.97. The quantitative estimate of drug-likeness (QED) is 0.652. The first kappa shape index (κ1) is 14.6. The zero-order valence-electron chi connectivity index (χ0n) is 12.2. The zero-order chi connectivity index (χ0) is 15.6. The van der Waals surface area contributed by atoms with Crippen LogP contribution in [0.5, 0.6) is 0 Å². The SMILES string of the molecule is CC12CCC(C1)C(C)(C)C2Nc1c(F)c(F)nc(F)c1F. The Balaban J connectivity index is 2.02. The predicted octanol–water partition coefficient (Wildman–Crippen LogP) is 4.26. The van der Waals surface area contributed by atoms with Crippen LogP contribution in [0.15, 0.2) is 0 Å². The van der Waals surface area contributed by atoms with Gasteiger partial charge in [-0.3, -0.25) is 0 Å². The number of aromatic nitrogens is 1. The van der Waals surface area contributed by atoms with E-state index in [4.69, 9.17) is 0 Å². The number of hydrogen-bond donors (Lipinski definition) is 1. The van der Waals surface area contributed by atoms with E-state index in [9.17, 15) is 17.6 Å². The van der Waals surface area contributed by atoms with E-state index >= 15 is 0 Å². The molecule has 0 amide bonds. The number of anilines is 1. The maximum absolute atomic E-state index is 13.8. The molecule has 3 unspecified atom stereocenters. The highest BCUT2D eigenvalue weighted by Gasteiger charge is 2.59. The first-order valence-electron chi connectivity index (χ1n) is 7.13. The minimum absolute atomic E-state index is 0.122. The first-order valence-corrected chi connectivity index (χ1v) is 7.13. The molecule has 0 spiro atoms. The van der Waals surface area contributed by atoms with Gasteiger partial charge in [-0.2, -0.15) is 22.5 Å². The topological polar surface area (TPSA) is 24.9 Å². The molecule has 2 nitrogen and oxygen atoms in total. The van der Waals surface area contributed by atoms with Crippen molar-refractivity contribution < 1.29 is 17.6 Å². The highest BCUT2D eigenvalue weighted by Crippen LogP contribution is 2.63. The van der Waals surface area contributed by atoms with Gasteiger partial charge in [0.15, 0.2) is 0 Å². The molecule has 2 fully saturated rings. The van der Waals surface area contributed by atoms with Gasteiger partial charge in [0, 0.05) is 6.04 Å². The van der Waals surface area contributed by atoms with Crippen LogP contribution in [0.3, 0.4) is 0 Å². The normalized spacial score (nSPS) is 33.5. The van der Waals surface area contributed by atoms with Gasteiger partial charge in [-0.25, -0.2) is 0 Å². The third kappa shape index (κ3) is 1.94. The monoisotopic (exact) mass is 302 g/mol. The Morgan fingerprint density at radius 2 is 1.62 bits per heavy atom. The number of fused-ring (bicyclic) bond motifs is 2. The maximum atomic E-state index is 13.8. The lowest BCUT2D eigenvalue weighted by Crippen LogP contribution is -2.46. The molecule has 1 N–H and O–H groups in total. The van der Waals surface area contributed by atoms with Crippen molar-refractivity contribution in [2.24, 2.45) is 16.7 Å². The first-order chi connectivity index (χ1) is 9.67. The number of hydrogen-bond acceptors (Lipinski definition) is 2. The third-order valence-corrected chi connectivity index (χ3v) is 5.56. The number of rotatable bonds is 2. The molecule has 3 atom stereocenters. The summed E-state index contributed by atoms with van der Waals surface area (Å²) in [6.45, 7) is 6.12. The summed E-state index contributed by atoms with van der Waals surface area (Å²) in [5.74, 6) is -5.72. The van der Waals surface area contributed by atoms with Crippen molar-refractivity contribution in [3.63, 3.8) is 0 Å². The zero-order valence-corrected chi connectivity index (χ0v) is 12.2. The molecular formula is C15H18F4N2. The number of nitrogens with zero attached hydrogens (tertiary/aromatic N) is 1. The van der Waals surface area contributed by atoms with Crippen LogP contribution in [0.25, 0.3) is 0 Å². The molecule has 1 aromatic heterocycles. The minimum Gasteiger partial charge on any atom is -0.376 e. The molecule has 0 radical (unpaired) electrons. The van der Waals surface area contributed by atoms with Gasteiger partial charge in [-0.05, 0) is 36.0 Å². The molecule has 2 bridgehead atoms. The molecule has 0 aromatic carbocycles. The summed E-state index contributed by atoms with van der Waals surface area (Å²) >= 11 is 0. The lowest BCUT2D eigenvalue weighted by Gasteiger charge is -2.43. The Kier molecular flexibility index (Phi) is 3.01. The fourth-order valence-electron chi connectivity index (χ4n) is 4.42. The van der Waals surface area contributed by atoms with Gasteiger partial charge < -0.3 is 5.32 Å². The maximum Gasteiger partial charge on any atom is 0.253 e. The lowest BCUT2D eigenvalue weighted by atomic mass is 9.68. The van der Waals surface area contributed by atoms with Gasteiger partial charge in [-0.15, -0.1) is 0 Å². The second-order valence-corrected chi connectivity index (χ2v) is 7.19. The van der Waals surface area contributed by atoms with E-state index in [1.54, 1.807) is 0 Å². The van der Waals surface area contributed by atoms with E-state index in [0.29, 0.717) is 5.92 Å². The van der Waals surface area contributed by atoms with Crippen LogP contribution < -0.4 is 5.32 Å². The van der Waals surface area contributed by atoms with Crippen molar-refractivity contribution in [3.05, 3.63) is 23.5 Å². The van der Waals surface area contributed by atoms with Crippen molar-refractivity contribution in [1.29, 1.82) is 0 Å². The summed E-state index contributed by atoms with van der Waals surface area (Å²) in [5, 5.41) is 2.75. The molecule has 21 heavy (non-hydrogen) atoms. The Morgan fingerprint density at radius 3 is 2.10 bits per heavy atom. The predicted molar refractivity (Wildman–Crippen MR) is 70.7 cm³/mol. The van der Waals surface area contributed by atoms with Crippen LogP contribution in [0.4, 0.5) is 23.2 Å². The standard InChI is InChI=1S/C15H18F4N2/c1-14(2)7-4-5-15(3,6-7)13(14)20-10-8(16)11(18)21-12(19)9(10)17/h7,13H,4-6H2,1-3H3,(H,20,21). The number of nitrogens with one attached hydrogen (secondary N) is 1. The molecule has 1 aromatic rings. The minimum atomic E-state index is -1.62. The molecule has 1 heterocycles. The average molecular weight is 302 g/mol. The van der Waals surface area contributed by atoms with Crippen molar-refractivity contribution in [2.75, 3.05) is 5.32 Å². The molecular weight excluding hydrogens is 284 g/mol. The Morgan fingerprint density at radius 1 is 1.05 bits per heavy atom. The second kappa shape index (κ2) is 4.34. The van der Waals surface area contributed by atoms with Crippen LogP contribution in [0.2, 0.25) is 0 Å². The highest BCUT2D eigenvalue weighted by molar-refractivity contribution is 5.48. The summed E-state index contributed by atoms with van der Waals surface area (Å²) in [6, 6.07) is -0.242. The fourth-order valence-corrected chi connectivity index (χ4v) is 4.42. The van der Waals surface area contributed by atoms with Crippen molar-refractivity contribution >= 4 is 5.69 Å². The Labute approximate surface area is 121 Å². The molecule has 2 aliphatic rings. The molecule has 6 heteroatoms. The third-order valence-electron chi connectivity index (χ3n) is 5.56. The molecule has 0 aliphatic heterocycles. The van der Waals surface area contributed by atoms with E-state index in [2.05, 4.69) is 17.2 Å². The van der Waals surface area contributed by atoms with E-state index in [-0.39, 0.29) is 16.9 Å². The Hall–Kier alpha value is -1.33. The summed E-state index contributed by atoms with van der Waals surface area (Å²) in [7, 11) is 0. The van der Waals surface area contributed by atoms with E-state index < -0.39 is 29.2 Å². The van der Waals surface area contributed by atoms with Crippen molar-refractivity contribution in [1.82, 2.24) is 4.98 Å². The number of halogens is 4. The van der Waals surface area contributed by atoms with E-state index in [0.717, 1.165) is 19.3 Å². The van der Waals surface area contributed by atoms with Gasteiger partial charge in [0.05, 0.1) is 0 Å². The van der Waals surface area contributed by atoms with Crippen LogP contribution in [-0.2, 0) is 0 Å². The highest BCUT2D eigenvalue weighted by atomic mass is 19.2. The van der Waals surface area contributed by atoms with Gasteiger partial charge >= 0.3 is 0 Å². The van der Waals surface area contributed by atoms with E-state index in [1.807, 2.05) is 13.8 Å². The summed E-state index contributed by atoms with van der Waals surface area (Å²) in [5.41, 5.74) is -1.06. The fraction of sp³-hybridized carbons (Fsp3) is 0.667. The molecule has 116 valence electrons. The molecule has 2 aliphatic carbocycles. The van der Waals surface area contributed by atoms with Gasteiger partial charge in [0.25, 0.3) is 11.9 Å². The van der Waals surface area contributed by atoms with Gasteiger partial charge in [0.1, 0.15) is 5.69 Å². The van der Waals surface area contributed by atoms with Crippen LogP contribution in [0.1, 0.15) is 40.0 Å². The lowest BCUT2D eigenvalue weighted by molar-refractivity contribution is 0.154. The summed E-state index contributed by atoms with van der Waals surface area (Å²) in [4.78, 5) is 2.59.